The molecule has 0 heterocycles. The largest absolute Gasteiger partial charge is 0.300 e. The average Bonchev–Trinajstić information content (AvgIpc) is 1.98. The van der Waals surface area contributed by atoms with Gasteiger partial charge in [-0.25, -0.2) is 0 Å². The van der Waals surface area contributed by atoms with Crippen molar-refractivity contribution < 1.29 is 9.59 Å². The first-order chi connectivity index (χ1) is 7.25. The van der Waals surface area contributed by atoms with E-state index in [2.05, 4.69) is 4.99 Å². The third-order valence-electron chi connectivity index (χ3n) is 2.32. The van der Waals surface area contributed by atoms with Crippen LogP contribution in [0, 0.1) is 11.8 Å². The number of hydrogen-bond donors (Lipinski definition) is 0. The van der Waals surface area contributed by atoms with E-state index in [9.17, 15) is 9.59 Å². The van der Waals surface area contributed by atoms with E-state index in [1.165, 1.54) is 6.92 Å². The van der Waals surface area contributed by atoms with Crippen LogP contribution in [0.4, 0.5) is 0 Å². The lowest BCUT2D eigenvalue weighted by molar-refractivity contribution is -0.119. The summed E-state index contributed by atoms with van der Waals surface area (Å²) in [6.07, 6.45) is 0.292. The zero-order valence-electron chi connectivity index (χ0n) is 11.2. The number of Topliss-reactive ketones (excluding diaryl/α,β-unsaturated/α-hetero) is 2. The monoisotopic (exact) mass is 225 g/mol. The van der Waals surface area contributed by atoms with Crippen LogP contribution < -0.4 is 0 Å². The van der Waals surface area contributed by atoms with Crippen LogP contribution in [0.2, 0.25) is 0 Å². The molecule has 0 aliphatic carbocycles. The predicted molar refractivity (Wildman–Crippen MR) is 66.9 cm³/mol. The van der Waals surface area contributed by atoms with Gasteiger partial charge in [0.15, 0.2) is 0 Å². The van der Waals surface area contributed by atoms with Gasteiger partial charge in [-0.2, -0.15) is 0 Å². The van der Waals surface area contributed by atoms with Crippen molar-refractivity contribution in [2.45, 2.75) is 54.0 Å². The van der Waals surface area contributed by atoms with Gasteiger partial charge in [-0.15, -0.1) is 0 Å². The highest BCUT2D eigenvalue weighted by Gasteiger charge is 2.25. The van der Waals surface area contributed by atoms with Crippen molar-refractivity contribution in [1.82, 2.24) is 0 Å². The normalized spacial score (nSPS) is 14.4. The highest BCUT2D eigenvalue weighted by molar-refractivity contribution is 6.11. The minimum atomic E-state index is -0.216. The van der Waals surface area contributed by atoms with Crippen LogP contribution in [-0.4, -0.2) is 23.3 Å². The molecule has 0 aliphatic rings. The lowest BCUT2D eigenvalue weighted by Crippen LogP contribution is -2.29. The number of carbonyl (C=O) groups is 2. The summed E-state index contributed by atoms with van der Waals surface area (Å²) in [5.74, 6) is 0.127. The maximum Gasteiger partial charge on any atom is 0.138 e. The van der Waals surface area contributed by atoms with Crippen molar-refractivity contribution in [2.24, 2.45) is 16.8 Å². The molecule has 0 bridgehead atoms. The lowest BCUT2D eigenvalue weighted by Gasteiger charge is -2.20. The van der Waals surface area contributed by atoms with Crippen LogP contribution in [0.3, 0.4) is 0 Å². The van der Waals surface area contributed by atoms with Gasteiger partial charge in [-0.1, -0.05) is 13.8 Å². The molecule has 0 aromatic heterocycles. The van der Waals surface area contributed by atoms with Gasteiger partial charge in [-0.3, -0.25) is 14.6 Å². The Hall–Kier alpha value is -0.990. The smallest absolute Gasteiger partial charge is 0.138 e. The molecule has 0 N–H and O–H groups in total. The van der Waals surface area contributed by atoms with E-state index in [1.54, 1.807) is 6.92 Å². The van der Waals surface area contributed by atoms with Crippen LogP contribution in [0.1, 0.15) is 48.0 Å². The summed E-state index contributed by atoms with van der Waals surface area (Å²) < 4.78 is 0. The summed E-state index contributed by atoms with van der Waals surface area (Å²) in [6, 6.07) is 0.120. The number of carbonyl (C=O) groups excluding carboxylic acids is 2. The zero-order chi connectivity index (χ0) is 12.9. The molecule has 0 amide bonds. The van der Waals surface area contributed by atoms with E-state index in [4.69, 9.17) is 0 Å². The Morgan fingerprint density at radius 2 is 1.56 bits per heavy atom. The Morgan fingerprint density at radius 1 is 1.06 bits per heavy atom. The molecule has 1 atom stereocenters. The van der Waals surface area contributed by atoms with E-state index in [1.807, 2.05) is 27.7 Å². The Bertz CT molecular complexity index is 290. The summed E-state index contributed by atoms with van der Waals surface area (Å²) in [4.78, 5) is 27.2. The molecule has 0 aliphatic heterocycles. The molecule has 0 aromatic rings. The van der Waals surface area contributed by atoms with E-state index >= 15 is 0 Å². The average molecular weight is 225 g/mol. The molecule has 16 heavy (non-hydrogen) atoms. The summed E-state index contributed by atoms with van der Waals surface area (Å²) in [5.41, 5.74) is 0.741. The molecular weight excluding hydrogens is 202 g/mol. The van der Waals surface area contributed by atoms with Gasteiger partial charge >= 0.3 is 0 Å². The second-order valence-corrected chi connectivity index (χ2v) is 4.93. The highest BCUT2D eigenvalue weighted by Crippen LogP contribution is 2.17. The van der Waals surface area contributed by atoms with Crippen molar-refractivity contribution in [2.75, 3.05) is 0 Å². The van der Waals surface area contributed by atoms with Crippen molar-refractivity contribution in [3.05, 3.63) is 0 Å². The van der Waals surface area contributed by atoms with Gasteiger partial charge in [0.2, 0.25) is 0 Å². The van der Waals surface area contributed by atoms with E-state index < -0.39 is 0 Å². The van der Waals surface area contributed by atoms with Gasteiger partial charge in [0.05, 0.1) is 5.92 Å². The SMILES string of the molecule is CC(=O)CC(=NC(C)C)[C@@H](C(C)=O)C(C)C. The zero-order valence-corrected chi connectivity index (χ0v) is 11.2. The Labute approximate surface area is 98.3 Å². The summed E-state index contributed by atoms with van der Waals surface area (Å²) in [7, 11) is 0. The van der Waals surface area contributed by atoms with Gasteiger partial charge in [0, 0.05) is 18.2 Å². The molecule has 92 valence electrons. The van der Waals surface area contributed by atoms with E-state index in [0.29, 0.717) is 6.42 Å². The van der Waals surface area contributed by atoms with Crippen LogP contribution >= 0.6 is 0 Å². The third-order valence-corrected chi connectivity index (χ3v) is 2.32. The minimum absolute atomic E-state index is 0.0614. The van der Waals surface area contributed by atoms with Gasteiger partial charge in [0.1, 0.15) is 11.6 Å². The van der Waals surface area contributed by atoms with Crippen molar-refractivity contribution in [3.63, 3.8) is 0 Å². The molecule has 0 saturated heterocycles. The van der Waals surface area contributed by atoms with E-state index in [0.717, 1.165) is 5.71 Å². The molecule has 0 aromatic carbocycles. The number of nitrogens with zero attached hydrogens (tertiary/aromatic N) is 1. The topological polar surface area (TPSA) is 46.5 Å². The molecule has 0 rings (SSSR count). The highest BCUT2D eigenvalue weighted by atomic mass is 16.1. The molecule has 0 fully saturated rings. The maximum atomic E-state index is 11.6. The Kier molecular flexibility index (Phi) is 6.16. The van der Waals surface area contributed by atoms with Gasteiger partial charge < -0.3 is 0 Å². The van der Waals surface area contributed by atoms with Gasteiger partial charge in [-0.05, 0) is 33.6 Å². The quantitative estimate of drug-likeness (QED) is 0.652. The first-order valence-corrected chi connectivity index (χ1v) is 5.82. The summed E-state index contributed by atoms with van der Waals surface area (Å²) >= 11 is 0. The number of hydrogen-bond acceptors (Lipinski definition) is 3. The van der Waals surface area contributed by atoms with Gasteiger partial charge in [0.25, 0.3) is 0 Å². The van der Waals surface area contributed by atoms with Crippen molar-refractivity contribution in [1.29, 1.82) is 0 Å². The minimum Gasteiger partial charge on any atom is -0.300 e. The first-order valence-electron chi connectivity index (χ1n) is 5.82. The Balaban J connectivity index is 5.12. The fourth-order valence-electron chi connectivity index (χ4n) is 1.91. The number of aliphatic imine (C=N–C) groups is 1. The fraction of sp³-hybridized carbons (Fsp3) is 0.769. The molecule has 0 spiro atoms. The summed E-state index contributed by atoms with van der Waals surface area (Å²) in [6.45, 7) is 11.0. The van der Waals surface area contributed by atoms with Crippen LogP contribution in [0.5, 0.6) is 0 Å². The molecule has 3 nitrogen and oxygen atoms in total. The maximum absolute atomic E-state index is 11.6. The van der Waals surface area contributed by atoms with E-state index in [-0.39, 0.29) is 29.4 Å². The molecule has 0 radical (unpaired) electrons. The Morgan fingerprint density at radius 3 is 1.81 bits per heavy atom. The van der Waals surface area contributed by atoms with Crippen LogP contribution in [0.25, 0.3) is 0 Å². The second kappa shape index (κ2) is 6.56. The first kappa shape index (κ1) is 15.0. The van der Waals surface area contributed by atoms with Crippen molar-refractivity contribution >= 4 is 17.3 Å². The molecule has 0 unspecified atom stereocenters. The molecule has 3 heteroatoms. The third kappa shape index (κ3) is 5.19. The van der Waals surface area contributed by atoms with Crippen LogP contribution in [0.15, 0.2) is 4.99 Å². The lowest BCUT2D eigenvalue weighted by atomic mass is 9.85. The summed E-state index contributed by atoms with van der Waals surface area (Å²) in [5, 5.41) is 0. The fourth-order valence-corrected chi connectivity index (χ4v) is 1.91. The standard InChI is InChI=1S/C13H23NO2/c1-8(2)13(11(6)16)12(7-10(5)15)14-9(3)4/h8-9,13H,7H2,1-6H3/t13-/m1/s1. The molecular formula is C13H23NO2. The van der Waals surface area contributed by atoms with Crippen LogP contribution in [-0.2, 0) is 9.59 Å². The predicted octanol–water partition coefficient (Wildman–Crippen LogP) is 2.68. The second-order valence-electron chi connectivity index (χ2n) is 4.93. The molecule has 0 saturated carbocycles. The number of ketones is 2. The number of rotatable bonds is 6. The van der Waals surface area contributed by atoms with Crippen molar-refractivity contribution in [3.8, 4) is 0 Å².